The molecule has 1 saturated heterocycles. The van der Waals surface area contributed by atoms with Crippen LogP contribution >= 0.6 is 0 Å². The van der Waals surface area contributed by atoms with Gasteiger partial charge in [0.05, 0.1) is 12.7 Å². The zero-order chi connectivity index (χ0) is 22.1. The Labute approximate surface area is 173 Å². The van der Waals surface area contributed by atoms with Gasteiger partial charge in [-0.15, -0.1) is 0 Å². The van der Waals surface area contributed by atoms with E-state index in [1.807, 2.05) is 12.1 Å². The van der Waals surface area contributed by atoms with Crippen LogP contribution in [0.3, 0.4) is 0 Å². The maximum Gasteiger partial charge on any atom is 0.414 e. The first kappa shape index (κ1) is 24.9. The molecule has 2 rings (SSSR count). The summed E-state index contributed by atoms with van der Waals surface area (Å²) in [6, 6.07) is 8.30. The van der Waals surface area contributed by atoms with E-state index >= 15 is 0 Å². The van der Waals surface area contributed by atoms with Gasteiger partial charge in [0, 0.05) is 13.2 Å². The van der Waals surface area contributed by atoms with E-state index in [4.69, 9.17) is 29.3 Å². The Morgan fingerprint density at radius 3 is 2.21 bits per heavy atom. The van der Waals surface area contributed by atoms with Crippen molar-refractivity contribution in [2.75, 3.05) is 20.3 Å². The van der Waals surface area contributed by atoms with Gasteiger partial charge in [-0.1, -0.05) is 26.0 Å². The second-order valence-corrected chi connectivity index (χ2v) is 8.44. The predicted octanol–water partition coefficient (Wildman–Crippen LogP) is 3.56. The van der Waals surface area contributed by atoms with Crippen molar-refractivity contribution in [1.82, 2.24) is 5.32 Å². The van der Waals surface area contributed by atoms with Crippen LogP contribution in [0.15, 0.2) is 24.3 Å². The zero-order valence-electron chi connectivity index (χ0n) is 18.2. The molecule has 1 aliphatic rings. The molecule has 7 nitrogen and oxygen atoms in total. The summed E-state index contributed by atoms with van der Waals surface area (Å²) in [6.07, 6.45) is 3.55. The lowest BCUT2D eigenvalue weighted by atomic mass is 9.65. The third kappa shape index (κ3) is 8.41. The summed E-state index contributed by atoms with van der Waals surface area (Å²) in [5.74, 6) is -2.05. The van der Waals surface area contributed by atoms with Gasteiger partial charge in [0.15, 0.2) is 0 Å². The molecule has 1 unspecified atom stereocenters. The monoisotopic (exact) mass is 409 g/mol. The molecular weight excluding hydrogens is 374 g/mol. The van der Waals surface area contributed by atoms with Gasteiger partial charge in [-0.05, 0) is 68.7 Å². The fourth-order valence-electron chi connectivity index (χ4n) is 3.83. The Balaban J connectivity index is 0.000000612. The number of hydrogen-bond donors (Lipinski definition) is 3. The van der Waals surface area contributed by atoms with Crippen LogP contribution in [0.4, 0.5) is 0 Å². The molecule has 1 aromatic rings. The Morgan fingerprint density at radius 1 is 1.17 bits per heavy atom. The Kier molecular flexibility index (Phi) is 9.59. The van der Waals surface area contributed by atoms with E-state index < -0.39 is 11.9 Å². The highest BCUT2D eigenvalue weighted by Gasteiger charge is 2.42. The first-order valence-corrected chi connectivity index (χ1v) is 9.95. The minimum absolute atomic E-state index is 0.0124. The molecule has 7 heteroatoms. The van der Waals surface area contributed by atoms with Gasteiger partial charge in [-0.3, -0.25) is 0 Å². The summed E-state index contributed by atoms with van der Waals surface area (Å²) >= 11 is 0. The molecular formula is C22H35NO6. The molecule has 1 atom stereocenters. The molecule has 1 aliphatic heterocycles. The van der Waals surface area contributed by atoms with E-state index in [0.717, 1.165) is 31.9 Å². The smallest absolute Gasteiger partial charge is 0.414 e. The van der Waals surface area contributed by atoms with Crippen molar-refractivity contribution in [2.45, 2.75) is 59.1 Å². The van der Waals surface area contributed by atoms with E-state index in [1.54, 1.807) is 7.11 Å². The molecule has 1 aromatic carbocycles. The van der Waals surface area contributed by atoms with E-state index in [1.165, 1.54) is 18.4 Å². The van der Waals surface area contributed by atoms with Crippen molar-refractivity contribution in [2.24, 2.45) is 11.3 Å². The number of hydrogen-bond acceptors (Lipinski definition) is 5. The minimum Gasteiger partial charge on any atom is -0.497 e. The highest BCUT2D eigenvalue weighted by atomic mass is 16.5. The van der Waals surface area contributed by atoms with Crippen molar-refractivity contribution in [3.63, 3.8) is 0 Å². The number of ether oxygens (including phenoxy) is 2. The van der Waals surface area contributed by atoms with Gasteiger partial charge in [0.1, 0.15) is 5.75 Å². The number of methoxy groups -OCH3 is 1. The molecule has 29 heavy (non-hydrogen) atoms. The number of rotatable bonds is 7. The van der Waals surface area contributed by atoms with Gasteiger partial charge in [0.25, 0.3) is 0 Å². The molecule has 0 amide bonds. The maximum atomic E-state index is 9.10. The fourth-order valence-corrected chi connectivity index (χ4v) is 3.83. The summed E-state index contributed by atoms with van der Waals surface area (Å²) < 4.78 is 11.1. The number of carbonyl (C=O) groups is 2. The molecule has 0 aliphatic carbocycles. The van der Waals surface area contributed by atoms with Gasteiger partial charge in [-0.2, -0.15) is 0 Å². The standard InChI is InChI=1S/C20H33NO2.C2H2O4/c1-16(2)20(11-13-23-19(3,4)15-20)10-12-21-14-17-6-8-18(22-5)9-7-17;3-1(4)2(5)6/h6-9,16,21H,10-15H2,1-5H3;(H,3,4)(H,5,6). The van der Waals surface area contributed by atoms with Crippen LogP contribution in [0.25, 0.3) is 0 Å². The molecule has 0 aromatic heterocycles. The maximum absolute atomic E-state index is 9.10. The quantitative estimate of drug-likeness (QED) is 0.467. The molecule has 0 spiro atoms. The zero-order valence-corrected chi connectivity index (χ0v) is 18.2. The Morgan fingerprint density at radius 2 is 1.76 bits per heavy atom. The van der Waals surface area contributed by atoms with Crippen LogP contribution in [-0.2, 0) is 20.9 Å². The third-order valence-corrected chi connectivity index (χ3v) is 5.57. The lowest BCUT2D eigenvalue weighted by molar-refractivity contribution is -0.159. The van der Waals surface area contributed by atoms with E-state index in [0.29, 0.717) is 11.3 Å². The summed E-state index contributed by atoms with van der Waals surface area (Å²) in [6.45, 7) is 12.1. The number of carboxylic acid groups (broad SMARTS) is 2. The Hall–Kier alpha value is -2.12. The summed E-state index contributed by atoms with van der Waals surface area (Å²) in [4.78, 5) is 18.2. The molecule has 1 heterocycles. The molecule has 1 fully saturated rings. The van der Waals surface area contributed by atoms with Crippen LogP contribution in [-0.4, -0.2) is 48.0 Å². The highest BCUT2D eigenvalue weighted by Crippen LogP contribution is 2.46. The fraction of sp³-hybridized carbons (Fsp3) is 0.636. The van der Waals surface area contributed by atoms with Crippen LogP contribution < -0.4 is 10.1 Å². The van der Waals surface area contributed by atoms with Gasteiger partial charge < -0.3 is 25.0 Å². The second kappa shape index (κ2) is 11.2. The van der Waals surface area contributed by atoms with E-state index in [2.05, 4.69) is 45.1 Å². The lowest BCUT2D eigenvalue weighted by Gasteiger charge is -2.48. The Bertz CT molecular complexity index is 644. The van der Waals surface area contributed by atoms with Crippen LogP contribution in [0, 0.1) is 11.3 Å². The molecule has 0 bridgehead atoms. The molecule has 0 saturated carbocycles. The van der Waals surface area contributed by atoms with Crippen molar-refractivity contribution in [3.05, 3.63) is 29.8 Å². The number of benzene rings is 1. The van der Waals surface area contributed by atoms with Crippen LogP contribution in [0.1, 0.15) is 52.5 Å². The largest absolute Gasteiger partial charge is 0.497 e. The minimum atomic E-state index is -1.82. The first-order valence-electron chi connectivity index (χ1n) is 9.95. The second-order valence-electron chi connectivity index (χ2n) is 8.44. The van der Waals surface area contributed by atoms with Crippen molar-refractivity contribution in [1.29, 1.82) is 0 Å². The SMILES string of the molecule is COc1ccc(CNCCC2(C(C)C)CCOC(C)(C)C2)cc1.O=C(O)C(=O)O. The molecule has 164 valence electrons. The predicted molar refractivity (Wildman–Crippen MR) is 111 cm³/mol. The third-order valence-electron chi connectivity index (χ3n) is 5.57. The van der Waals surface area contributed by atoms with Gasteiger partial charge >= 0.3 is 11.9 Å². The molecule has 0 radical (unpaired) electrons. The lowest BCUT2D eigenvalue weighted by Crippen LogP contribution is -2.45. The van der Waals surface area contributed by atoms with E-state index in [-0.39, 0.29) is 5.60 Å². The van der Waals surface area contributed by atoms with Crippen molar-refractivity contribution < 1.29 is 29.3 Å². The first-order chi connectivity index (χ1) is 13.5. The average molecular weight is 410 g/mol. The van der Waals surface area contributed by atoms with Crippen molar-refractivity contribution >= 4 is 11.9 Å². The van der Waals surface area contributed by atoms with Crippen LogP contribution in [0.5, 0.6) is 5.75 Å². The van der Waals surface area contributed by atoms with Crippen molar-refractivity contribution in [3.8, 4) is 5.75 Å². The summed E-state index contributed by atoms with van der Waals surface area (Å²) in [7, 11) is 1.70. The van der Waals surface area contributed by atoms with E-state index in [9.17, 15) is 0 Å². The van der Waals surface area contributed by atoms with Crippen LogP contribution in [0.2, 0.25) is 0 Å². The number of carboxylic acids is 2. The number of nitrogens with one attached hydrogen (secondary N) is 1. The van der Waals surface area contributed by atoms with Gasteiger partial charge in [-0.25, -0.2) is 9.59 Å². The highest BCUT2D eigenvalue weighted by molar-refractivity contribution is 6.27. The summed E-state index contributed by atoms with van der Waals surface area (Å²) in [5, 5.41) is 18.4. The average Bonchev–Trinajstić information content (AvgIpc) is 2.65. The topological polar surface area (TPSA) is 105 Å². The normalized spacial score (nSPS) is 20.5. The number of aliphatic carboxylic acids is 2. The van der Waals surface area contributed by atoms with Gasteiger partial charge in [0.2, 0.25) is 0 Å². The summed E-state index contributed by atoms with van der Waals surface area (Å²) in [5.41, 5.74) is 1.71. The molecule has 3 N–H and O–H groups in total.